The predicted octanol–water partition coefficient (Wildman–Crippen LogP) is 4.00. The zero-order valence-corrected chi connectivity index (χ0v) is 15.2. The second kappa shape index (κ2) is 7.11. The van der Waals surface area contributed by atoms with Crippen LogP contribution in [0, 0.1) is 0 Å². The smallest absolute Gasteiger partial charge is 0.410 e. The molecule has 1 aliphatic heterocycles. The molecule has 1 amide bonds. The lowest BCUT2D eigenvalue weighted by Gasteiger charge is -2.33. The monoisotopic (exact) mass is 374 g/mol. The van der Waals surface area contributed by atoms with Gasteiger partial charge < -0.3 is 15.0 Å². The SMILES string of the molecule is CC(C)(C)OC(=O)N1CCC(NCc2sccc2Br)CC1. The second-order valence-corrected chi connectivity index (χ2v) is 8.17. The van der Waals surface area contributed by atoms with Crippen LogP contribution < -0.4 is 5.32 Å². The van der Waals surface area contributed by atoms with Gasteiger partial charge in [0, 0.05) is 35.0 Å². The van der Waals surface area contributed by atoms with E-state index in [1.807, 2.05) is 25.7 Å². The lowest BCUT2D eigenvalue weighted by atomic mass is 10.1. The van der Waals surface area contributed by atoms with Crippen LogP contribution in [0.25, 0.3) is 0 Å². The van der Waals surface area contributed by atoms with Crippen LogP contribution in [0.3, 0.4) is 0 Å². The standard InChI is InChI=1S/C15H23BrN2O2S/c1-15(2,3)20-14(19)18-7-4-11(5-8-18)17-10-13-12(16)6-9-21-13/h6,9,11,17H,4-5,7-8,10H2,1-3H3. The van der Waals surface area contributed by atoms with Gasteiger partial charge in [0.05, 0.1) is 0 Å². The van der Waals surface area contributed by atoms with E-state index in [1.54, 1.807) is 11.3 Å². The maximum atomic E-state index is 12.0. The first-order valence-electron chi connectivity index (χ1n) is 7.28. The van der Waals surface area contributed by atoms with Crippen molar-refractivity contribution in [2.24, 2.45) is 0 Å². The third-order valence-corrected chi connectivity index (χ3v) is 5.32. The number of hydrogen-bond donors (Lipinski definition) is 1. The Morgan fingerprint density at radius 3 is 2.67 bits per heavy atom. The van der Waals surface area contributed by atoms with E-state index in [0.717, 1.165) is 32.5 Å². The summed E-state index contributed by atoms with van der Waals surface area (Å²) in [4.78, 5) is 15.1. The van der Waals surface area contributed by atoms with Crippen molar-refractivity contribution in [3.63, 3.8) is 0 Å². The number of nitrogens with zero attached hydrogens (tertiary/aromatic N) is 1. The van der Waals surface area contributed by atoms with Crippen molar-refractivity contribution >= 4 is 33.4 Å². The molecule has 21 heavy (non-hydrogen) atoms. The van der Waals surface area contributed by atoms with E-state index in [0.29, 0.717) is 6.04 Å². The van der Waals surface area contributed by atoms with Crippen LogP contribution in [0.5, 0.6) is 0 Å². The molecule has 4 nitrogen and oxygen atoms in total. The van der Waals surface area contributed by atoms with Crippen molar-refractivity contribution in [2.45, 2.75) is 51.8 Å². The van der Waals surface area contributed by atoms with E-state index in [4.69, 9.17) is 4.74 Å². The maximum absolute atomic E-state index is 12.0. The van der Waals surface area contributed by atoms with Crippen molar-refractivity contribution in [1.82, 2.24) is 10.2 Å². The molecular formula is C15H23BrN2O2S. The van der Waals surface area contributed by atoms with Gasteiger partial charge in [-0.25, -0.2) is 4.79 Å². The van der Waals surface area contributed by atoms with Crippen LogP contribution in [0.1, 0.15) is 38.5 Å². The molecule has 1 aromatic heterocycles. The predicted molar refractivity (Wildman–Crippen MR) is 89.7 cm³/mol. The van der Waals surface area contributed by atoms with Gasteiger partial charge in [-0.05, 0) is 61.0 Å². The van der Waals surface area contributed by atoms with Crippen molar-refractivity contribution < 1.29 is 9.53 Å². The third-order valence-electron chi connectivity index (χ3n) is 3.39. The van der Waals surface area contributed by atoms with Crippen LogP contribution >= 0.6 is 27.3 Å². The Morgan fingerprint density at radius 1 is 1.48 bits per heavy atom. The number of amides is 1. The minimum absolute atomic E-state index is 0.193. The molecular weight excluding hydrogens is 352 g/mol. The maximum Gasteiger partial charge on any atom is 0.410 e. The Hall–Kier alpha value is -0.590. The Bertz CT molecular complexity index is 476. The van der Waals surface area contributed by atoms with E-state index in [-0.39, 0.29) is 6.09 Å². The number of rotatable bonds is 3. The number of carbonyl (C=O) groups is 1. The highest BCUT2D eigenvalue weighted by Gasteiger charge is 2.26. The van der Waals surface area contributed by atoms with Crippen molar-refractivity contribution in [1.29, 1.82) is 0 Å². The normalized spacial score (nSPS) is 17.0. The fourth-order valence-corrected chi connectivity index (χ4v) is 3.72. The number of piperidine rings is 1. The number of halogens is 1. The lowest BCUT2D eigenvalue weighted by molar-refractivity contribution is 0.0198. The van der Waals surface area contributed by atoms with Gasteiger partial charge >= 0.3 is 6.09 Å². The minimum atomic E-state index is -0.419. The molecule has 2 rings (SSSR count). The molecule has 0 spiro atoms. The van der Waals surface area contributed by atoms with E-state index in [9.17, 15) is 4.79 Å². The fourth-order valence-electron chi connectivity index (χ4n) is 2.28. The molecule has 0 aromatic carbocycles. The molecule has 0 radical (unpaired) electrons. The van der Waals surface area contributed by atoms with Crippen LogP contribution in [0.15, 0.2) is 15.9 Å². The van der Waals surface area contributed by atoms with E-state index < -0.39 is 5.60 Å². The zero-order valence-electron chi connectivity index (χ0n) is 12.8. The van der Waals surface area contributed by atoms with Crippen LogP contribution in [-0.2, 0) is 11.3 Å². The fraction of sp³-hybridized carbons (Fsp3) is 0.667. The van der Waals surface area contributed by atoms with Gasteiger partial charge in [-0.1, -0.05) is 0 Å². The summed E-state index contributed by atoms with van der Waals surface area (Å²) in [6.45, 7) is 8.11. The summed E-state index contributed by atoms with van der Waals surface area (Å²) in [5, 5.41) is 5.66. The Labute approximate surface area is 139 Å². The number of likely N-dealkylation sites (tertiary alicyclic amines) is 1. The molecule has 0 atom stereocenters. The number of ether oxygens (including phenoxy) is 1. The third kappa shape index (κ3) is 5.27. The number of nitrogens with one attached hydrogen (secondary N) is 1. The molecule has 0 saturated carbocycles. The number of carbonyl (C=O) groups excluding carboxylic acids is 1. The van der Waals surface area contributed by atoms with Crippen molar-refractivity contribution in [3.8, 4) is 0 Å². The quantitative estimate of drug-likeness (QED) is 0.868. The average Bonchev–Trinajstić information content (AvgIpc) is 2.80. The Morgan fingerprint density at radius 2 is 2.14 bits per heavy atom. The van der Waals surface area contributed by atoms with E-state index in [2.05, 4.69) is 32.7 Å². The van der Waals surface area contributed by atoms with Crippen LogP contribution in [0.2, 0.25) is 0 Å². The first-order chi connectivity index (χ1) is 9.85. The molecule has 1 aromatic rings. The first-order valence-corrected chi connectivity index (χ1v) is 8.95. The van der Waals surface area contributed by atoms with Gasteiger partial charge in [0.25, 0.3) is 0 Å². The highest BCUT2D eigenvalue weighted by molar-refractivity contribution is 9.10. The molecule has 1 aliphatic rings. The molecule has 0 unspecified atom stereocenters. The van der Waals surface area contributed by atoms with Gasteiger partial charge in [0.15, 0.2) is 0 Å². The van der Waals surface area contributed by atoms with Crippen LogP contribution in [-0.4, -0.2) is 35.7 Å². The van der Waals surface area contributed by atoms with Crippen LogP contribution in [0.4, 0.5) is 4.79 Å². The zero-order chi connectivity index (χ0) is 15.5. The molecule has 1 N–H and O–H groups in total. The van der Waals surface area contributed by atoms with Gasteiger partial charge in [-0.2, -0.15) is 0 Å². The topological polar surface area (TPSA) is 41.6 Å². The summed E-state index contributed by atoms with van der Waals surface area (Å²) in [6.07, 6.45) is 1.76. The molecule has 1 saturated heterocycles. The van der Waals surface area contributed by atoms with Gasteiger partial charge in [-0.3, -0.25) is 0 Å². The summed E-state index contributed by atoms with van der Waals surface area (Å²) >= 11 is 5.30. The molecule has 0 bridgehead atoms. The van der Waals surface area contributed by atoms with Gasteiger partial charge in [-0.15, -0.1) is 11.3 Å². The van der Waals surface area contributed by atoms with Crippen molar-refractivity contribution in [2.75, 3.05) is 13.1 Å². The van der Waals surface area contributed by atoms with E-state index >= 15 is 0 Å². The number of hydrogen-bond acceptors (Lipinski definition) is 4. The Kier molecular flexibility index (Phi) is 5.68. The average molecular weight is 375 g/mol. The van der Waals surface area contributed by atoms with Gasteiger partial charge in [0.1, 0.15) is 5.60 Å². The molecule has 118 valence electrons. The largest absolute Gasteiger partial charge is 0.444 e. The highest BCUT2D eigenvalue weighted by atomic mass is 79.9. The number of thiophene rings is 1. The highest BCUT2D eigenvalue weighted by Crippen LogP contribution is 2.23. The second-order valence-electron chi connectivity index (χ2n) is 6.31. The summed E-state index contributed by atoms with van der Waals surface area (Å²) in [7, 11) is 0. The molecule has 6 heteroatoms. The van der Waals surface area contributed by atoms with E-state index in [1.165, 1.54) is 9.35 Å². The summed E-state index contributed by atoms with van der Waals surface area (Å²) in [5.41, 5.74) is -0.419. The van der Waals surface area contributed by atoms with Crippen molar-refractivity contribution in [3.05, 3.63) is 20.8 Å². The summed E-state index contributed by atoms with van der Waals surface area (Å²) in [6, 6.07) is 2.55. The summed E-state index contributed by atoms with van der Waals surface area (Å²) in [5.74, 6) is 0. The lowest BCUT2D eigenvalue weighted by Crippen LogP contribution is -2.46. The molecule has 2 heterocycles. The Balaban J connectivity index is 1.73. The first kappa shape index (κ1) is 16.8. The van der Waals surface area contributed by atoms with Gasteiger partial charge in [0.2, 0.25) is 0 Å². The minimum Gasteiger partial charge on any atom is -0.444 e. The molecule has 1 fully saturated rings. The molecule has 0 aliphatic carbocycles. The summed E-state index contributed by atoms with van der Waals surface area (Å²) < 4.78 is 6.58.